The topological polar surface area (TPSA) is 66.0 Å². The van der Waals surface area contributed by atoms with Crippen molar-refractivity contribution in [3.63, 3.8) is 0 Å². The van der Waals surface area contributed by atoms with Crippen LogP contribution >= 0.6 is 0 Å². The Bertz CT molecular complexity index is 914. The van der Waals surface area contributed by atoms with Gasteiger partial charge in [-0.05, 0) is 23.3 Å². The second-order valence-corrected chi connectivity index (χ2v) is 7.33. The largest absolute Gasteiger partial charge is 0.445 e. The number of hydrogen-bond acceptors (Lipinski definition) is 5. The van der Waals surface area contributed by atoms with Crippen LogP contribution in [-0.2, 0) is 22.7 Å². The van der Waals surface area contributed by atoms with Crippen molar-refractivity contribution in [1.82, 2.24) is 19.7 Å². The zero-order valence-electron chi connectivity index (χ0n) is 16.5. The fourth-order valence-electron chi connectivity index (χ4n) is 3.76. The van der Waals surface area contributed by atoms with Crippen LogP contribution in [0.25, 0.3) is 0 Å². The van der Waals surface area contributed by atoms with Gasteiger partial charge in [0, 0.05) is 44.6 Å². The predicted octanol–water partition coefficient (Wildman–Crippen LogP) is 2.61. The highest BCUT2D eigenvalue weighted by atomic mass is 16.6. The molecule has 0 saturated carbocycles. The van der Waals surface area contributed by atoms with Gasteiger partial charge in [0.25, 0.3) is 5.91 Å². The number of rotatable bonds is 4. The van der Waals surface area contributed by atoms with E-state index in [4.69, 9.17) is 4.74 Å². The van der Waals surface area contributed by atoms with Crippen LogP contribution < -0.4 is 0 Å². The van der Waals surface area contributed by atoms with E-state index in [9.17, 15) is 9.59 Å². The first kappa shape index (κ1) is 19.0. The average Bonchev–Trinajstić information content (AvgIpc) is 2.76. The van der Waals surface area contributed by atoms with Gasteiger partial charge in [0.1, 0.15) is 6.61 Å². The Hall–Kier alpha value is -3.35. The molecule has 2 aliphatic heterocycles. The van der Waals surface area contributed by atoms with Gasteiger partial charge in [-0.25, -0.2) is 4.79 Å². The summed E-state index contributed by atoms with van der Waals surface area (Å²) < 4.78 is 5.43. The molecule has 4 rings (SSSR count). The SMILES string of the molecule is CN1CN(Cc2ccccc2)C(=O)C2=C1CCN(C(=O)OCc1ccncc1)C2. The van der Waals surface area contributed by atoms with E-state index in [2.05, 4.69) is 9.88 Å². The van der Waals surface area contributed by atoms with E-state index < -0.39 is 6.09 Å². The zero-order valence-corrected chi connectivity index (χ0v) is 16.5. The quantitative estimate of drug-likeness (QED) is 0.800. The van der Waals surface area contributed by atoms with E-state index in [1.54, 1.807) is 17.3 Å². The van der Waals surface area contributed by atoms with Crippen molar-refractivity contribution in [3.8, 4) is 0 Å². The third kappa shape index (κ3) is 4.23. The van der Waals surface area contributed by atoms with E-state index in [0.717, 1.165) is 16.8 Å². The van der Waals surface area contributed by atoms with E-state index in [-0.39, 0.29) is 19.1 Å². The van der Waals surface area contributed by atoms with Gasteiger partial charge < -0.3 is 19.4 Å². The number of amides is 2. The molecule has 3 heterocycles. The second kappa shape index (κ2) is 8.34. The zero-order chi connectivity index (χ0) is 20.2. The molecule has 7 heteroatoms. The summed E-state index contributed by atoms with van der Waals surface area (Å²) in [7, 11) is 2.00. The van der Waals surface area contributed by atoms with Gasteiger partial charge in [0.2, 0.25) is 0 Å². The van der Waals surface area contributed by atoms with Crippen molar-refractivity contribution in [2.24, 2.45) is 0 Å². The predicted molar refractivity (Wildman–Crippen MR) is 107 cm³/mol. The number of ether oxygens (including phenoxy) is 1. The highest BCUT2D eigenvalue weighted by Gasteiger charge is 2.35. The molecule has 29 heavy (non-hydrogen) atoms. The Morgan fingerprint density at radius 1 is 1.10 bits per heavy atom. The molecule has 0 saturated heterocycles. The van der Waals surface area contributed by atoms with Crippen LogP contribution in [0.15, 0.2) is 66.1 Å². The van der Waals surface area contributed by atoms with Crippen molar-refractivity contribution in [3.05, 3.63) is 77.3 Å². The molecule has 1 aromatic heterocycles. The minimum absolute atomic E-state index is 0.00594. The number of benzene rings is 1. The molecule has 0 bridgehead atoms. The van der Waals surface area contributed by atoms with E-state index >= 15 is 0 Å². The lowest BCUT2D eigenvalue weighted by molar-refractivity contribution is -0.131. The first-order chi connectivity index (χ1) is 14.1. The van der Waals surface area contributed by atoms with Gasteiger partial charge in [0.15, 0.2) is 0 Å². The number of carbonyl (C=O) groups is 2. The molecule has 0 radical (unpaired) electrons. The molecule has 2 aliphatic rings. The van der Waals surface area contributed by atoms with E-state index in [1.807, 2.05) is 54.4 Å². The number of carbonyl (C=O) groups excluding carboxylic acids is 2. The van der Waals surface area contributed by atoms with Gasteiger partial charge in [-0.3, -0.25) is 9.78 Å². The summed E-state index contributed by atoms with van der Waals surface area (Å²) in [4.78, 5) is 35.1. The van der Waals surface area contributed by atoms with Crippen LogP contribution in [-0.4, -0.2) is 58.5 Å². The van der Waals surface area contributed by atoms with Gasteiger partial charge in [-0.1, -0.05) is 30.3 Å². The van der Waals surface area contributed by atoms with Crippen LogP contribution in [0.1, 0.15) is 17.5 Å². The Morgan fingerprint density at radius 2 is 1.86 bits per heavy atom. The molecule has 2 amide bonds. The summed E-state index contributed by atoms with van der Waals surface area (Å²) in [6.45, 7) is 2.12. The molecule has 1 aromatic carbocycles. The minimum atomic E-state index is -0.399. The highest BCUT2D eigenvalue weighted by Crippen LogP contribution is 2.28. The summed E-state index contributed by atoms with van der Waals surface area (Å²) in [5.41, 5.74) is 3.68. The molecule has 0 spiro atoms. The summed E-state index contributed by atoms with van der Waals surface area (Å²) >= 11 is 0. The normalized spacial score (nSPS) is 16.7. The first-order valence-electron chi connectivity index (χ1n) is 9.69. The Morgan fingerprint density at radius 3 is 2.62 bits per heavy atom. The summed E-state index contributed by atoms with van der Waals surface area (Å²) in [6, 6.07) is 13.6. The number of nitrogens with zero attached hydrogens (tertiary/aromatic N) is 4. The molecular formula is C22H24N4O3. The number of aromatic nitrogens is 1. The Labute approximate surface area is 170 Å². The molecule has 2 aromatic rings. The minimum Gasteiger partial charge on any atom is -0.445 e. The molecule has 0 aliphatic carbocycles. The highest BCUT2D eigenvalue weighted by molar-refractivity contribution is 5.96. The van der Waals surface area contributed by atoms with Crippen LogP contribution in [0.2, 0.25) is 0 Å². The third-order valence-corrected chi connectivity index (χ3v) is 5.29. The maximum atomic E-state index is 13.1. The van der Waals surface area contributed by atoms with Crippen molar-refractivity contribution in [2.45, 2.75) is 19.6 Å². The number of hydrogen-bond donors (Lipinski definition) is 0. The lowest BCUT2D eigenvalue weighted by Gasteiger charge is -2.42. The molecule has 0 N–H and O–H groups in total. The molecule has 150 valence electrons. The van der Waals surface area contributed by atoms with Gasteiger partial charge >= 0.3 is 6.09 Å². The molecule has 0 atom stereocenters. The van der Waals surface area contributed by atoms with Crippen molar-refractivity contribution in [2.75, 3.05) is 26.8 Å². The van der Waals surface area contributed by atoms with Gasteiger partial charge in [0.05, 0.1) is 18.8 Å². The summed E-state index contributed by atoms with van der Waals surface area (Å²) in [5.74, 6) is -0.00594. The first-order valence-corrected chi connectivity index (χ1v) is 9.69. The molecule has 0 unspecified atom stereocenters. The molecular weight excluding hydrogens is 368 g/mol. The molecule has 7 nitrogen and oxygen atoms in total. The van der Waals surface area contributed by atoms with Crippen molar-refractivity contribution >= 4 is 12.0 Å². The maximum Gasteiger partial charge on any atom is 0.410 e. The van der Waals surface area contributed by atoms with Crippen LogP contribution in [0.3, 0.4) is 0 Å². The lowest BCUT2D eigenvalue weighted by Crippen LogP contribution is -2.51. The number of pyridine rings is 1. The van der Waals surface area contributed by atoms with E-state index in [0.29, 0.717) is 31.8 Å². The summed E-state index contributed by atoms with van der Waals surface area (Å²) in [6.07, 6.45) is 3.59. The fraction of sp³-hybridized carbons (Fsp3) is 0.318. The van der Waals surface area contributed by atoms with Crippen molar-refractivity contribution in [1.29, 1.82) is 0 Å². The second-order valence-electron chi connectivity index (χ2n) is 7.33. The lowest BCUT2D eigenvalue weighted by atomic mass is 10.0. The van der Waals surface area contributed by atoms with Crippen LogP contribution in [0.5, 0.6) is 0 Å². The van der Waals surface area contributed by atoms with Gasteiger partial charge in [-0.2, -0.15) is 0 Å². The molecule has 0 fully saturated rings. The standard InChI is InChI=1S/C22H24N4O3/c1-24-16-26(13-17-5-3-2-4-6-17)21(27)19-14-25(12-9-20(19)24)22(28)29-15-18-7-10-23-11-8-18/h2-8,10-11H,9,12-16H2,1H3. The smallest absolute Gasteiger partial charge is 0.410 e. The maximum absolute atomic E-state index is 13.1. The van der Waals surface area contributed by atoms with E-state index in [1.165, 1.54) is 0 Å². The monoisotopic (exact) mass is 392 g/mol. The average molecular weight is 392 g/mol. The van der Waals surface area contributed by atoms with Crippen molar-refractivity contribution < 1.29 is 14.3 Å². The Kier molecular flexibility index (Phi) is 5.46. The third-order valence-electron chi connectivity index (χ3n) is 5.29. The van der Waals surface area contributed by atoms with Gasteiger partial charge in [-0.15, -0.1) is 0 Å². The summed E-state index contributed by atoms with van der Waals surface area (Å²) in [5, 5.41) is 0. The van der Waals surface area contributed by atoms with Crippen LogP contribution in [0.4, 0.5) is 4.79 Å². The fourth-order valence-corrected chi connectivity index (χ4v) is 3.76. The Balaban J connectivity index is 1.42. The van der Waals surface area contributed by atoms with Crippen LogP contribution in [0, 0.1) is 0 Å².